The van der Waals surface area contributed by atoms with Crippen molar-refractivity contribution in [3.8, 4) is 0 Å². The summed E-state index contributed by atoms with van der Waals surface area (Å²) >= 11 is 0. The molecule has 0 aliphatic carbocycles. The monoisotopic (exact) mass is 372 g/mol. The highest BCUT2D eigenvalue weighted by Gasteiger charge is 2.37. The molecule has 1 N–H and O–H groups in total. The Labute approximate surface area is 159 Å². The molecule has 1 amide bonds. The largest absolute Gasteiger partial charge is 0.451 e. The number of morpholine rings is 1. The molecular formula is C21H28N2O4. The third-order valence-corrected chi connectivity index (χ3v) is 5.98. The van der Waals surface area contributed by atoms with E-state index in [2.05, 4.69) is 4.90 Å². The molecule has 0 radical (unpaired) electrons. The minimum atomic E-state index is -0.0655. The number of aryl methyl sites for hydroxylation is 2. The Morgan fingerprint density at radius 3 is 2.67 bits per heavy atom. The average Bonchev–Trinajstić information content (AvgIpc) is 3.23. The van der Waals surface area contributed by atoms with Crippen molar-refractivity contribution >= 4 is 16.9 Å². The van der Waals surface area contributed by atoms with Crippen molar-refractivity contribution in [1.82, 2.24) is 9.80 Å². The normalized spacial score (nSPS) is 24.0. The van der Waals surface area contributed by atoms with Gasteiger partial charge in [0.2, 0.25) is 0 Å². The van der Waals surface area contributed by atoms with Crippen molar-refractivity contribution in [3.05, 3.63) is 35.1 Å². The van der Waals surface area contributed by atoms with E-state index in [4.69, 9.17) is 9.15 Å². The molecule has 1 aromatic carbocycles. The standard InChI is InChI=1S/C21H28N2O4/c1-14-3-4-18-15(2)20(27-19(18)9-14)21(25)23-11-16(17(12-23)13-24)10-22-5-7-26-8-6-22/h3-4,9,16-17,24H,5-8,10-13H2,1-2H3/t16-,17-/m1/s1. The second-order valence-corrected chi connectivity index (χ2v) is 7.88. The van der Waals surface area contributed by atoms with E-state index in [0.29, 0.717) is 18.8 Å². The van der Waals surface area contributed by atoms with Gasteiger partial charge in [-0.05, 0) is 31.4 Å². The zero-order chi connectivity index (χ0) is 19.0. The maximum atomic E-state index is 13.1. The fourth-order valence-corrected chi connectivity index (χ4v) is 4.31. The molecule has 0 spiro atoms. The van der Waals surface area contributed by atoms with Gasteiger partial charge in [-0.1, -0.05) is 12.1 Å². The molecule has 27 heavy (non-hydrogen) atoms. The van der Waals surface area contributed by atoms with Crippen molar-refractivity contribution in [2.45, 2.75) is 13.8 Å². The van der Waals surface area contributed by atoms with Crippen molar-refractivity contribution in [3.63, 3.8) is 0 Å². The zero-order valence-corrected chi connectivity index (χ0v) is 16.1. The van der Waals surface area contributed by atoms with Crippen LogP contribution in [-0.2, 0) is 4.74 Å². The first kappa shape index (κ1) is 18.5. The van der Waals surface area contributed by atoms with E-state index >= 15 is 0 Å². The van der Waals surface area contributed by atoms with E-state index in [1.165, 1.54) is 0 Å². The van der Waals surface area contributed by atoms with Crippen molar-refractivity contribution in [2.24, 2.45) is 11.8 Å². The number of carbonyl (C=O) groups is 1. The van der Waals surface area contributed by atoms with Crippen LogP contribution < -0.4 is 0 Å². The Hall–Kier alpha value is -1.89. The number of aliphatic hydroxyl groups excluding tert-OH is 1. The van der Waals surface area contributed by atoms with E-state index in [1.807, 2.05) is 36.9 Å². The summed E-state index contributed by atoms with van der Waals surface area (Å²) in [7, 11) is 0. The number of carbonyl (C=O) groups excluding carboxylic acids is 1. The van der Waals surface area contributed by atoms with Gasteiger partial charge >= 0.3 is 0 Å². The highest BCUT2D eigenvalue weighted by molar-refractivity contribution is 5.99. The number of benzene rings is 1. The van der Waals surface area contributed by atoms with Crippen LogP contribution in [0, 0.1) is 25.7 Å². The van der Waals surface area contributed by atoms with E-state index < -0.39 is 0 Å². The van der Waals surface area contributed by atoms with Crippen LogP contribution in [0.15, 0.2) is 22.6 Å². The van der Waals surface area contributed by atoms with Gasteiger partial charge in [0.05, 0.1) is 13.2 Å². The number of amides is 1. The van der Waals surface area contributed by atoms with Crippen LogP contribution in [0.5, 0.6) is 0 Å². The predicted molar refractivity (Wildman–Crippen MR) is 103 cm³/mol. The van der Waals surface area contributed by atoms with Crippen LogP contribution in [-0.4, -0.2) is 73.4 Å². The number of furan rings is 1. The summed E-state index contributed by atoms with van der Waals surface area (Å²) in [6, 6.07) is 6.03. The summed E-state index contributed by atoms with van der Waals surface area (Å²) in [5.74, 6) is 0.760. The lowest BCUT2D eigenvalue weighted by atomic mass is 9.96. The molecule has 4 rings (SSSR count). The summed E-state index contributed by atoms with van der Waals surface area (Å²) in [5, 5.41) is 10.8. The molecule has 0 saturated carbocycles. The quantitative estimate of drug-likeness (QED) is 0.890. The highest BCUT2D eigenvalue weighted by Crippen LogP contribution is 2.30. The lowest BCUT2D eigenvalue weighted by Gasteiger charge is -2.30. The molecule has 2 fully saturated rings. The van der Waals surface area contributed by atoms with Gasteiger partial charge in [-0.25, -0.2) is 0 Å². The Morgan fingerprint density at radius 1 is 1.19 bits per heavy atom. The second-order valence-electron chi connectivity index (χ2n) is 7.88. The average molecular weight is 372 g/mol. The maximum Gasteiger partial charge on any atom is 0.289 e. The van der Waals surface area contributed by atoms with Gasteiger partial charge in [0.1, 0.15) is 5.58 Å². The topological polar surface area (TPSA) is 66.2 Å². The van der Waals surface area contributed by atoms with E-state index in [0.717, 1.165) is 54.9 Å². The third-order valence-electron chi connectivity index (χ3n) is 5.98. The molecule has 2 aliphatic heterocycles. The first-order chi connectivity index (χ1) is 13.1. The Bertz CT molecular complexity index is 825. The Balaban J connectivity index is 1.51. The van der Waals surface area contributed by atoms with Crippen LogP contribution in [0.3, 0.4) is 0 Å². The van der Waals surface area contributed by atoms with Crippen molar-refractivity contribution in [2.75, 3.05) is 52.5 Å². The Kier molecular flexibility index (Phi) is 5.21. The van der Waals surface area contributed by atoms with Gasteiger partial charge in [-0.15, -0.1) is 0 Å². The molecule has 0 bridgehead atoms. The van der Waals surface area contributed by atoms with Crippen LogP contribution >= 0.6 is 0 Å². The molecule has 2 aliphatic rings. The minimum absolute atomic E-state index is 0.0655. The van der Waals surface area contributed by atoms with Crippen LogP contribution in [0.4, 0.5) is 0 Å². The van der Waals surface area contributed by atoms with Gasteiger partial charge < -0.3 is 19.2 Å². The van der Waals surface area contributed by atoms with Crippen LogP contribution in [0.2, 0.25) is 0 Å². The molecule has 6 nitrogen and oxygen atoms in total. The third kappa shape index (κ3) is 3.61. The molecule has 146 valence electrons. The van der Waals surface area contributed by atoms with Gasteiger partial charge in [-0.3, -0.25) is 9.69 Å². The molecule has 2 atom stereocenters. The van der Waals surface area contributed by atoms with Gasteiger partial charge in [0.15, 0.2) is 5.76 Å². The molecule has 1 aromatic heterocycles. The number of fused-ring (bicyclic) bond motifs is 1. The molecule has 3 heterocycles. The molecule has 0 unspecified atom stereocenters. The van der Waals surface area contributed by atoms with Gasteiger partial charge in [-0.2, -0.15) is 0 Å². The smallest absolute Gasteiger partial charge is 0.289 e. The Morgan fingerprint density at radius 2 is 1.93 bits per heavy atom. The second kappa shape index (κ2) is 7.62. The van der Waals surface area contributed by atoms with Crippen LogP contribution in [0.1, 0.15) is 21.7 Å². The molecule has 6 heteroatoms. The van der Waals surface area contributed by atoms with Gasteiger partial charge in [0, 0.05) is 56.2 Å². The summed E-state index contributed by atoms with van der Waals surface area (Å²) in [4.78, 5) is 17.4. The minimum Gasteiger partial charge on any atom is -0.451 e. The fraction of sp³-hybridized carbons (Fsp3) is 0.571. The predicted octanol–water partition coefficient (Wildman–Crippen LogP) is 2.06. The van der Waals surface area contributed by atoms with E-state index in [9.17, 15) is 9.90 Å². The van der Waals surface area contributed by atoms with Gasteiger partial charge in [0.25, 0.3) is 5.91 Å². The summed E-state index contributed by atoms with van der Waals surface area (Å²) in [6.45, 7) is 9.58. The summed E-state index contributed by atoms with van der Waals surface area (Å²) in [6.07, 6.45) is 0. The summed E-state index contributed by atoms with van der Waals surface area (Å²) in [5.41, 5.74) is 2.77. The number of nitrogens with zero attached hydrogens (tertiary/aromatic N) is 2. The number of hydrogen-bond donors (Lipinski definition) is 1. The molecule has 2 aromatic rings. The number of likely N-dealkylation sites (tertiary alicyclic amines) is 1. The molecular weight excluding hydrogens is 344 g/mol. The fourth-order valence-electron chi connectivity index (χ4n) is 4.31. The molecule has 2 saturated heterocycles. The number of rotatable bonds is 4. The van der Waals surface area contributed by atoms with Crippen LogP contribution in [0.25, 0.3) is 11.0 Å². The maximum absolute atomic E-state index is 13.1. The number of hydrogen-bond acceptors (Lipinski definition) is 5. The highest BCUT2D eigenvalue weighted by atomic mass is 16.5. The summed E-state index contributed by atoms with van der Waals surface area (Å²) < 4.78 is 11.3. The first-order valence-corrected chi connectivity index (χ1v) is 9.77. The number of aliphatic hydroxyl groups is 1. The van der Waals surface area contributed by atoms with Crippen molar-refractivity contribution < 1.29 is 19.1 Å². The van der Waals surface area contributed by atoms with E-state index in [1.54, 1.807) is 0 Å². The zero-order valence-electron chi connectivity index (χ0n) is 16.1. The lowest BCUT2D eigenvalue weighted by molar-refractivity contribution is 0.0264. The van der Waals surface area contributed by atoms with Crippen molar-refractivity contribution in [1.29, 1.82) is 0 Å². The van der Waals surface area contributed by atoms with E-state index in [-0.39, 0.29) is 24.3 Å². The lowest BCUT2D eigenvalue weighted by Crippen LogP contribution is -2.41. The first-order valence-electron chi connectivity index (χ1n) is 9.77. The SMILES string of the molecule is Cc1ccc2c(C)c(C(=O)N3C[C@@H](CN4CCOCC4)[C@@H](CO)C3)oc2c1. The number of ether oxygens (including phenoxy) is 1.